The van der Waals surface area contributed by atoms with Gasteiger partial charge in [0.25, 0.3) is 0 Å². The fraction of sp³-hybridized carbons (Fsp3) is 0.429. The molecule has 5 heteroatoms. The fourth-order valence-electron chi connectivity index (χ4n) is 0.907. The van der Waals surface area contributed by atoms with Gasteiger partial charge in [0.1, 0.15) is 0 Å². The molecule has 0 unspecified atom stereocenters. The van der Waals surface area contributed by atoms with Crippen molar-refractivity contribution in [1.82, 2.24) is 9.78 Å². The van der Waals surface area contributed by atoms with Crippen LogP contribution in [0.3, 0.4) is 0 Å². The summed E-state index contributed by atoms with van der Waals surface area (Å²) in [6.45, 7) is 1.88. The zero-order valence-electron chi connectivity index (χ0n) is 6.83. The molecule has 0 amide bonds. The summed E-state index contributed by atoms with van der Waals surface area (Å²) in [5.41, 5.74) is 1.51. The Labute approximate surface area is 78.3 Å². The molecule has 4 nitrogen and oxygen atoms in total. The van der Waals surface area contributed by atoms with Gasteiger partial charge in [-0.25, -0.2) is 0 Å². The Bertz CT molecular complexity index is 319. The number of aryl methyl sites for hydroxylation is 1. The van der Waals surface area contributed by atoms with Crippen LogP contribution in [0.5, 0.6) is 0 Å². The van der Waals surface area contributed by atoms with Crippen LogP contribution in [0, 0.1) is 6.92 Å². The zero-order valence-corrected chi connectivity index (χ0v) is 8.42. The summed E-state index contributed by atoms with van der Waals surface area (Å²) < 4.78 is 2.44. The first-order chi connectivity index (χ1) is 5.52. The van der Waals surface area contributed by atoms with E-state index in [1.165, 1.54) is 0 Å². The number of halogens is 1. The van der Waals surface area contributed by atoms with E-state index in [4.69, 9.17) is 5.11 Å². The van der Waals surface area contributed by atoms with Gasteiger partial charge < -0.3 is 5.11 Å². The molecule has 0 atom stereocenters. The lowest BCUT2D eigenvalue weighted by Crippen LogP contribution is -2.01. The predicted octanol–water partition coefficient (Wildman–Crippen LogP) is 1.12. The van der Waals surface area contributed by atoms with Gasteiger partial charge in [-0.1, -0.05) is 0 Å². The van der Waals surface area contributed by atoms with Crippen molar-refractivity contribution in [3.8, 4) is 0 Å². The van der Waals surface area contributed by atoms with Gasteiger partial charge in [0.15, 0.2) is 0 Å². The number of carboxylic acid groups (broad SMARTS) is 1. The summed E-state index contributed by atoms with van der Waals surface area (Å²) in [7, 11) is 1.78. The second-order valence-electron chi connectivity index (χ2n) is 2.54. The number of nitrogens with zero attached hydrogens (tertiary/aromatic N) is 2. The summed E-state index contributed by atoms with van der Waals surface area (Å²) in [5.74, 6) is -0.867. The average Bonchev–Trinajstić information content (AvgIpc) is 2.17. The largest absolute Gasteiger partial charge is 0.481 e. The van der Waals surface area contributed by atoms with Crippen molar-refractivity contribution >= 4 is 21.9 Å². The molecular formula is C7H9BrN2O2. The van der Waals surface area contributed by atoms with Crippen molar-refractivity contribution in [2.24, 2.45) is 7.05 Å². The molecule has 0 radical (unpaired) electrons. The molecule has 0 spiro atoms. The van der Waals surface area contributed by atoms with E-state index in [1.807, 2.05) is 6.92 Å². The quantitative estimate of drug-likeness (QED) is 0.832. The van der Waals surface area contributed by atoms with Crippen molar-refractivity contribution in [2.45, 2.75) is 13.3 Å². The van der Waals surface area contributed by atoms with E-state index in [2.05, 4.69) is 21.0 Å². The van der Waals surface area contributed by atoms with Crippen LogP contribution in [0.15, 0.2) is 4.47 Å². The molecule has 1 heterocycles. The molecule has 1 N–H and O–H groups in total. The van der Waals surface area contributed by atoms with Gasteiger partial charge in [-0.2, -0.15) is 5.10 Å². The molecule has 66 valence electrons. The van der Waals surface area contributed by atoms with Gasteiger partial charge >= 0.3 is 5.97 Å². The lowest BCUT2D eigenvalue weighted by molar-refractivity contribution is -0.136. The van der Waals surface area contributed by atoms with Crippen LogP contribution in [-0.2, 0) is 18.3 Å². The molecule has 1 aromatic heterocycles. The first-order valence-corrected chi connectivity index (χ1v) is 4.21. The molecular weight excluding hydrogens is 224 g/mol. The third kappa shape index (κ3) is 1.66. The summed E-state index contributed by atoms with van der Waals surface area (Å²) in [6, 6.07) is 0. The van der Waals surface area contributed by atoms with Gasteiger partial charge in [-0.15, -0.1) is 0 Å². The van der Waals surface area contributed by atoms with E-state index in [-0.39, 0.29) is 6.42 Å². The number of aromatic nitrogens is 2. The minimum absolute atomic E-state index is 0.0394. The van der Waals surface area contributed by atoms with Crippen LogP contribution in [-0.4, -0.2) is 20.9 Å². The normalized spacial score (nSPS) is 10.2. The predicted molar refractivity (Wildman–Crippen MR) is 47.0 cm³/mol. The summed E-state index contributed by atoms with van der Waals surface area (Å²) in [5, 5.41) is 12.6. The van der Waals surface area contributed by atoms with Gasteiger partial charge in [0.2, 0.25) is 0 Å². The summed E-state index contributed by atoms with van der Waals surface area (Å²) in [4.78, 5) is 10.4. The van der Waals surface area contributed by atoms with Crippen molar-refractivity contribution in [1.29, 1.82) is 0 Å². The molecule has 12 heavy (non-hydrogen) atoms. The topological polar surface area (TPSA) is 55.1 Å². The first kappa shape index (κ1) is 9.25. The van der Waals surface area contributed by atoms with Crippen LogP contribution >= 0.6 is 15.9 Å². The van der Waals surface area contributed by atoms with Crippen LogP contribution in [0.2, 0.25) is 0 Å². The maximum atomic E-state index is 10.4. The molecule has 0 saturated heterocycles. The van der Waals surface area contributed by atoms with Crippen molar-refractivity contribution < 1.29 is 9.90 Å². The minimum Gasteiger partial charge on any atom is -0.481 e. The van der Waals surface area contributed by atoms with Gasteiger partial charge in [-0.3, -0.25) is 9.48 Å². The zero-order chi connectivity index (χ0) is 9.30. The Morgan fingerprint density at radius 1 is 1.75 bits per heavy atom. The molecule has 0 aliphatic rings. The number of aliphatic carboxylic acids is 1. The second-order valence-corrected chi connectivity index (χ2v) is 3.33. The molecule has 0 saturated carbocycles. The Morgan fingerprint density at radius 2 is 2.33 bits per heavy atom. The fourth-order valence-corrected chi connectivity index (χ4v) is 1.38. The highest BCUT2D eigenvalue weighted by molar-refractivity contribution is 9.10. The maximum Gasteiger partial charge on any atom is 0.309 e. The van der Waals surface area contributed by atoms with Crippen molar-refractivity contribution in [3.63, 3.8) is 0 Å². The maximum absolute atomic E-state index is 10.4. The number of rotatable bonds is 2. The van der Waals surface area contributed by atoms with E-state index in [9.17, 15) is 4.79 Å². The highest BCUT2D eigenvalue weighted by Crippen LogP contribution is 2.20. The third-order valence-corrected chi connectivity index (χ3v) is 2.68. The Kier molecular flexibility index (Phi) is 2.52. The van der Waals surface area contributed by atoms with E-state index in [0.29, 0.717) is 5.69 Å². The minimum atomic E-state index is -0.867. The SMILES string of the molecule is Cc1c(Br)c(CC(=O)O)nn1C. The standard InChI is InChI=1S/C7H9BrN2O2/c1-4-7(8)5(3-6(11)12)9-10(4)2/h3H2,1-2H3,(H,11,12). The van der Waals surface area contributed by atoms with E-state index >= 15 is 0 Å². The molecule has 0 bridgehead atoms. The van der Waals surface area contributed by atoms with Crippen molar-refractivity contribution in [2.75, 3.05) is 0 Å². The Morgan fingerprint density at radius 3 is 2.67 bits per heavy atom. The summed E-state index contributed by atoms with van der Waals surface area (Å²) in [6.07, 6.45) is -0.0394. The highest BCUT2D eigenvalue weighted by atomic mass is 79.9. The monoisotopic (exact) mass is 232 g/mol. The Hall–Kier alpha value is -0.840. The van der Waals surface area contributed by atoms with Crippen LogP contribution < -0.4 is 0 Å². The smallest absolute Gasteiger partial charge is 0.309 e. The van der Waals surface area contributed by atoms with Crippen LogP contribution in [0.4, 0.5) is 0 Å². The molecule has 0 fully saturated rings. The number of carboxylic acids is 1. The second kappa shape index (κ2) is 3.26. The van der Waals surface area contributed by atoms with Crippen LogP contribution in [0.1, 0.15) is 11.4 Å². The van der Waals surface area contributed by atoms with E-state index in [0.717, 1.165) is 10.2 Å². The molecule has 1 rings (SSSR count). The van der Waals surface area contributed by atoms with E-state index in [1.54, 1.807) is 11.7 Å². The number of hydrogen-bond donors (Lipinski definition) is 1. The average molecular weight is 233 g/mol. The third-order valence-electron chi connectivity index (χ3n) is 1.65. The molecule has 1 aromatic rings. The van der Waals surface area contributed by atoms with Crippen molar-refractivity contribution in [3.05, 3.63) is 15.9 Å². The lowest BCUT2D eigenvalue weighted by atomic mass is 10.3. The van der Waals surface area contributed by atoms with Gasteiger partial charge in [-0.05, 0) is 22.9 Å². The first-order valence-electron chi connectivity index (χ1n) is 3.42. The van der Waals surface area contributed by atoms with E-state index < -0.39 is 5.97 Å². The highest BCUT2D eigenvalue weighted by Gasteiger charge is 2.12. The lowest BCUT2D eigenvalue weighted by Gasteiger charge is -1.90. The Balaban J connectivity index is 3.01. The molecule has 0 aromatic carbocycles. The summed E-state index contributed by atoms with van der Waals surface area (Å²) >= 11 is 3.28. The number of hydrogen-bond acceptors (Lipinski definition) is 2. The van der Waals surface area contributed by atoms with Crippen LogP contribution in [0.25, 0.3) is 0 Å². The van der Waals surface area contributed by atoms with Gasteiger partial charge in [0, 0.05) is 12.7 Å². The molecule has 0 aliphatic carbocycles. The number of carbonyl (C=O) groups is 1. The van der Waals surface area contributed by atoms with Gasteiger partial charge in [0.05, 0.1) is 16.6 Å². The molecule has 0 aliphatic heterocycles.